The van der Waals surface area contributed by atoms with Gasteiger partial charge in [0.05, 0.1) is 0 Å². The Morgan fingerprint density at radius 2 is 2.27 bits per heavy atom. The first-order valence-corrected chi connectivity index (χ1v) is 4.04. The van der Waals surface area contributed by atoms with Gasteiger partial charge in [-0.1, -0.05) is 0 Å². The van der Waals surface area contributed by atoms with E-state index >= 15 is 0 Å². The molecule has 0 bridgehead atoms. The van der Waals surface area contributed by atoms with Crippen LogP contribution in [0.1, 0.15) is 0 Å². The van der Waals surface area contributed by atoms with Gasteiger partial charge in [0.2, 0.25) is 0 Å². The molecule has 0 aliphatic rings. The van der Waals surface area contributed by atoms with Crippen LogP contribution in [0.5, 0.6) is 5.75 Å². The van der Waals surface area contributed by atoms with E-state index in [0.29, 0.717) is 3.70 Å². The first-order valence-electron chi connectivity index (χ1n) is 2.96. The van der Waals surface area contributed by atoms with Crippen LogP contribution >= 0.6 is 22.6 Å². The molecule has 0 saturated carbocycles. The van der Waals surface area contributed by atoms with Gasteiger partial charge in [-0.25, -0.2) is 9.50 Å². The minimum Gasteiger partial charge on any atom is -0.505 e. The van der Waals surface area contributed by atoms with Crippen molar-refractivity contribution in [2.45, 2.75) is 0 Å². The number of halogens is 1. The number of hydrogen-bond acceptors (Lipinski definition) is 3. The summed E-state index contributed by atoms with van der Waals surface area (Å²) in [6.45, 7) is 0. The second-order valence-electron chi connectivity index (χ2n) is 2.04. The summed E-state index contributed by atoms with van der Waals surface area (Å²) in [4.78, 5) is 3.96. The molecule has 2 heterocycles. The number of rotatable bonds is 0. The van der Waals surface area contributed by atoms with E-state index in [-0.39, 0.29) is 5.75 Å². The lowest BCUT2D eigenvalue weighted by atomic mass is 10.4. The highest BCUT2D eigenvalue weighted by Crippen LogP contribution is 2.18. The maximum absolute atomic E-state index is 9.24. The van der Waals surface area contributed by atoms with Crippen molar-refractivity contribution in [2.24, 2.45) is 0 Å². The van der Waals surface area contributed by atoms with Crippen molar-refractivity contribution in [1.82, 2.24) is 14.6 Å². The maximum Gasteiger partial charge on any atom is 0.156 e. The average Bonchev–Trinajstić information content (AvgIpc) is 2.45. The van der Waals surface area contributed by atoms with Crippen molar-refractivity contribution >= 4 is 28.2 Å². The highest BCUT2D eigenvalue weighted by Gasteiger charge is 2.02. The summed E-state index contributed by atoms with van der Waals surface area (Å²) in [5, 5.41) is 13.2. The predicted molar refractivity (Wildman–Crippen MR) is 47.4 cm³/mol. The molecular weight excluding hydrogens is 257 g/mol. The summed E-state index contributed by atoms with van der Waals surface area (Å²) in [6.07, 6.45) is 1.46. The van der Waals surface area contributed by atoms with Gasteiger partial charge in [0.25, 0.3) is 0 Å². The molecule has 0 aliphatic heterocycles. The van der Waals surface area contributed by atoms with Gasteiger partial charge in [-0.05, 0) is 34.7 Å². The quantitative estimate of drug-likeness (QED) is 0.569. The molecule has 0 unspecified atom stereocenters. The zero-order chi connectivity index (χ0) is 7.84. The fourth-order valence-corrected chi connectivity index (χ4v) is 1.40. The third-order valence-electron chi connectivity index (χ3n) is 1.36. The summed E-state index contributed by atoms with van der Waals surface area (Å²) in [7, 11) is 0. The number of nitrogens with zero attached hydrogens (tertiary/aromatic N) is 3. The Hall–Kier alpha value is -0.850. The number of aromatic hydroxyl groups is 1. The largest absolute Gasteiger partial charge is 0.505 e. The predicted octanol–water partition coefficient (Wildman–Crippen LogP) is 1.04. The van der Waals surface area contributed by atoms with Crippen molar-refractivity contribution in [3.63, 3.8) is 0 Å². The van der Waals surface area contributed by atoms with E-state index in [0.717, 1.165) is 5.65 Å². The van der Waals surface area contributed by atoms with Crippen molar-refractivity contribution in [2.75, 3.05) is 0 Å². The van der Waals surface area contributed by atoms with Crippen molar-refractivity contribution in [3.05, 3.63) is 22.2 Å². The molecule has 1 N–H and O–H groups in total. The average molecular weight is 261 g/mol. The number of aromatic nitrogens is 3. The SMILES string of the molecule is Oc1ccc2ncnn2c1I. The third-order valence-corrected chi connectivity index (χ3v) is 2.37. The lowest BCUT2D eigenvalue weighted by Gasteiger charge is -1.97. The Morgan fingerprint density at radius 3 is 3.09 bits per heavy atom. The van der Waals surface area contributed by atoms with E-state index in [2.05, 4.69) is 10.1 Å². The van der Waals surface area contributed by atoms with Crippen LogP contribution in [0.3, 0.4) is 0 Å². The summed E-state index contributed by atoms with van der Waals surface area (Å²) < 4.78 is 2.26. The molecule has 0 aromatic carbocycles. The highest BCUT2D eigenvalue weighted by atomic mass is 127. The fourth-order valence-electron chi connectivity index (χ4n) is 0.846. The molecular formula is C6H4IN3O. The molecule has 2 aromatic heterocycles. The van der Waals surface area contributed by atoms with Gasteiger partial charge in [0.15, 0.2) is 5.65 Å². The van der Waals surface area contributed by atoms with Crippen LogP contribution in [0.25, 0.3) is 5.65 Å². The molecule has 0 saturated heterocycles. The van der Waals surface area contributed by atoms with Gasteiger partial charge in [-0.3, -0.25) is 0 Å². The van der Waals surface area contributed by atoms with Crippen LogP contribution in [0.4, 0.5) is 0 Å². The standard InChI is InChI=1S/C6H4IN3O/c7-6-4(11)1-2-5-8-3-9-10(5)6/h1-3,11H. The van der Waals surface area contributed by atoms with E-state index < -0.39 is 0 Å². The zero-order valence-corrected chi connectivity index (χ0v) is 7.56. The number of pyridine rings is 1. The minimum atomic E-state index is 0.226. The van der Waals surface area contributed by atoms with Gasteiger partial charge in [-0.15, -0.1) is 0 Å². The molecule has 11 heavy (non-hydrogen) atoms. The Balaban J connectivity index is 2.93. The van der Waals surface area contributed by atoms with E-state index in [1.54, 1.807) is 16.6 Å². The molecule has 0 aliphatic carbocycles. The van der Waals surface area contributed by atoms with Gasteiger partial charge in [0, 0.05) is 0 Å². The van der Waals surface area contributed by atoms with Crippen molar-refractivity contribution in [1.29, 1.82) is 0 Å². The Kier molecular flexibility index (Phi) is 1.45. The van der Waals surface area contributed by atoms with E-state index in [1.807, 2.05) is 22.6 Å². The molecule has 0 amide bonds. The smallest absolute Gasteiger partial charge is 0.156 e. The maximum atomic E-state index is 9.24. The van der Waals surface area contributed by atoms with Gasteiger partial charge in [0.1, 0.15) is 15.8 Å². The molecule has 2 rings (SSSR count). The molecule has 56 valence electrons. The summed E-state index contributed by atoms with van der Waals surface area (Å²) in [6, 6.07) is 3.32. The van der Waals surface area contributed by atoms with E-state index in [4.69, 9.17) is 0 Å². The Labute approximate surface area is 76.0 Å². The highest BCUT2D eigenvalue weighted by molar-refractivity contribution is 14.1. The zero-order valence-electron chi connectivity index (χ0n) is 5.40. The first kappa shape index (κ1) is 6.84. The molecule has 0 radical (unpaired) electrons. The van der Waals surface area contributed by atoms with Gasteiger partial charge < -0.3 is 5.11 Å². The summed E-state index contributed by atoms with van der Waals surface area (Å²) in [5.41, 5.74) is 0.743. The van der Waals surface area contributed by atoms with Crippen LogP contribution in [0.2, 0.25) is 0 Å². The van der Waals surface area contributed by atoms with Crippen LogP contribution < -0.4 is 0 Å². The molecule has 0 atom stereocenters. The van der Waals surface area contributed by atoms with Crippen LogP contribution in [0.15, 0.2) is 18.5 Å². The monoisotopic (exact) mass is 261 g/mol. The summed E-state index contributed by atoms with van der Waals surface area (Å²) >= 11 is 2.01. The summed E-state index contributed by atoms with van der Waals surface area (Å²) in [5.74, 6) is 0.226. The topological polar surface area (TPSA) is 50.4 Å². The lowest BCUT2D eigenvalue weighted by Crippen LogP contribution is -1.92. The normalized spacial score (nSPS) is 10.6. The number of fused-ring (bicyclic) bond motifs is 1. The Bertz CT molecular complexity index is 398. The van der Waals surface area contributed by atoms with E-state index in [9.17, 15) is 5.11 Å². The van der Waals surface area contributed by atoms with Crippen LogP contribution in [-0.2, 0) is 0 Å². The lowest BCUT2D eigenvalue weighted by molar-refractivity contribution is 0.465. The van der Waals surface area contributed by atoms with Crippen LogP contribution in [-0.4, -0.2) is 19.7 Å². The first-order chi connectivity index (χ1) is 5.29. The second kappa shape index (κ2) is 2.33. The van der Waals surface area contributed by atoms with Crippen LogP contribution in [0, 0.1) is 3.70 Å². The molecule has 4 nitrogen and oxygen atoms in total. The molecule has 0 spiro atoms. The van der Waals surface area contributed by atoms with Crippen molar-refractivity contribution in [3.8, 4) is 5.75 Å². The van der Waals surface area contributed by atoms with Gasteiger partial charge >= 0.3 is 0 Å². The van der Waals surface area contributed by atoms with E-state index in [1.165, 1.54) is 6.33 Å². The second-order valence-corrected chi connectivity index (χ2v) is 3.06. The minimum absolute atomic E-state index is 0.226. The number of hydrogen-bond donors (Lipinski definition) is 1. The van der Waals surface area contributed by atoms with Crippen molar-refractivity contribution < 1.29 is 5.11 Å². The third kappa shape index (κ3) is 0.953. The fraction of sp³-hybridized carbons (Fsp3) is 0. The molecule has 2 aromatic rings. The molecule has 5 heteroatoms. The van der Waals surface area contributed by atoms with Gasteiger partial charge in [-0.2, -0.15) is 5.10 Å². The molecule has 0 fully saturated rings. The Morgan fingerprint density at radius 1 is 1.45 bits per heavy atom.